The highest BCUT2D eigenvalue weighted by atomic mass is 19.1. The van der Waals surface area contributed by atoms with E-state index in [-0.39, 0.29) is 28.9 Å². The number of aryl methyl sites for hydroxylation is 2. The van der Waals surface area contributed by atoms with Crippen molar-refractivity contribution in [3.63, 3.8) is 0 Å². The van der Waals surface area contributed by atoms with Gasteiger partial charge >= 0.3 is 0 Å². The standard InChI is InChI=1S/C26H19F2NO3/c1-14-11-15(2)24-19(12-14)23(30)21-22(18-5-3-4-6-20(18)28)29(26(31)25(21)32-24)13-16-7-9-17(27)10-8-16/h3-12,22H,13H2,1-2H3. The molecule has 0 fully saturated rings. The predicted octanol–water partition coefficient (Wildman–Crippen LogP) is 5.43. The van der Waals surface area contributed by atoms with E-state index in [2.05, 4.69) is 0 Å². The molecule has 1 aliphatic heterocycles. The fraction of sp³-hybridized carbons (Fsp3) is 0.154. The molecule has 0 spiro atoms. The summed E-state index contributed by atoms with van der Waals surface area (Å²) < 4.78 is 34.3. The quantitative estimate of drug-likeness (QED) is 0.434. The zero-order valence-corrected chi connectivity index (χ0v) is 17.5. The number of carbonyl (C=O) groups is 1. The third-order valence-electron chi connectivity index (χ3n) is 5.86. The van der Waals surface area contributed by atoms with E-state index in [1.165, 1.54) is 23.1 Å². The van der Waals surface area contributed by atoms with Gasteiger partial charge in [-0.3, -0.25) is 9.59 Å². The molecule has 3 aromatic carbocycles. The van der Waals surface area contributed by atoms with Gasteiger partial charge in [0.05, 0.1) is 17.0 Å². The molecule has 1 unspecified atom stereocenters. The molecule has 0 N–H and O–H groups in total. The summed E-state index contributed by atoms with van der Waals surface area (Å²) in [4.78, 5) is 28.4. The van der Waals surface area contributed by atoms with E-state index in [0.717, 1.165) is 11.1 Å². The van der Waals surface area contributed by atoms with Crippen molar-refractivity contribution in [1.82, 2.24) is 4.90 Å². The zero-order chi connectivity index (χ0) is 22.6. The minimum atomic E-state index is -0.953. The Bertz CT molecular complexity index is 1440. The van der Waals surface area contributed by atoms with E-state index in [1.807, 2.05) is 19.9 Å². The first-order chi connectivity index (χ1) is 15.3. The first kappa shape index (κ1) is 20.1. The third kappa shape index (κ3) is 3.11. The van der Waals surface area contributed by atoms with E-state index < -0.39 is 23.6 Å². The molecule has 0 saturated heterocycles. The van der Waals surface area contributed by atoms with Gasteiger partial charge in [0.15, 0.2) is 5.43 Å². The molecule has 4 aromatic rings. The maximum atomic E-state index is 14.9. The second-order valence-electron chi connectivity index (χ2n) is 8.12. The Morgan fingerprint density at radius 2 is 1.69 bits per heavy atom. The van der Waals surface area contributed by atoms with Crippen LogP contribution in [0.15, 0.2) is 69.9 Å². The van der Waals surface area contributed by atoms with Gasteiger partial charge in [-0.15, -0.1) is 0 Å². The van der Waals surface area contributed by atoms with Crippen molar-refractivity contribution in [1.29, 1.82) is 0 Å². The first-order valence-corrected chi connectivity index (χ1v) is 10.2. The largest absolute Gasteiger partial charge is 0.450 e. The molecule has 0 saturated carbocycles. The highest BCUT2D eigenvalue weighted by molar-refractivity contribution is 5.99. The molecule has 0 aliphatic carbocycles. The number of nitrogens with zero attached hydrogens (tertiary/aromatic N) is 1. The van der Waals surface area contributed by atoms with Crippen LogP contribution in [0, 0.1) is 25.5 Å². The fourth-order valence-corrected chi connectivity index (χ4v) is 4.44. The maximum absolute atomic E-state index is 14.9. The number of rotatable bonds is 3. The van der Waals surface area contributed by atoms with Gasteiger partial charge in [0.1, 0.15) is 17.2 Å². The van der Waals surface area contributed by atoms with E-state index in [0.29, 0.717) is 16.5 Å². The summed E-state index contributed by atoms with van der Waals surface area (Å²) in [6.07, 6.45) is 0. The van der Waals surface area contributed by atoms with Crippen molar-refractivity contribution in [2.24, 2.45) is 0 Å². The fourth-order valence-electron chi connectivity index (χ4n) is 4.44. The van der Waals surface area contributed by atoms with Crippen LogP contribution < -0.4 is 5.43 Å². The topological polar surface area (TPSA) is 50.5 Å². The Kier molecular flexibility index (Phi) is 4.66. The second-order valence-corrected chi connectivity index (χ2v) is 8.12. The Labute approximate surface area is 182 Å². The van der Waals surface area contributed by atoms with Crippen LogP contribution in [-0.4, -0.2) is 10.8 Å². The van der Waals surface area contributed by atoms with Crippen molar-refractivity contribution >= 4 is 16.9 Å². The molecule has 6 heteroatoms. The van der Waals surface area contributed by atoms with Crippen LogP contribution in [0.2, 0.25) is 0 Å². The van der Waals surface area contributed by atoms with Gasteiger partial charge < -0.3 is 9.32 Å². The molecule has 1 aliphatic rings. The molecule has 2 heterocycles. The summed E-state index contributed by atoms with van der Waals surface area (Å²) >= 11 is 0. The Morgan fingerprint density at radius 3 is 2.41 bits per heavy atom. The number of benzene rings is 3. The molecule has 0 radical (unpaired) electrons. The highest BCUT2D eigenvalue weighted by Crippen LogP contribution is 2.40. The number of amides is 1. The average Bonchev–Trinajstić information content (AvgIpc) is 3.03. The first-order valence-electron chi connectivity index (χ1n) is 10.2. The highest BCUT2D eigenvalue weighted by Gasteiger charge is 2.43. The maximum Gasteiger partial charge on any atom is 0.291 e. The van der Waals surface area contributed by atoms with Crippen LogP contribution >= 0.6 is 0 Å². The molecule has 5 rings (SSSR count). The molecular formula is C26H19F2NO3. The summed E-state index contributed by atoms with van der Waals surface area (Å²) in [5.41, 5.74) is 2.61. The van der Waals surface area contributed by atoms with E-state index >= 15 is 0 Å². The van der Waals surface area contributed by atoms with Crippen molar-refractivity contribution in [3.05, 3.63) is 116 Å². The molecule has 1 amide bonds. The minimum Gasteiger partial charge on any atom is -0.450 e. The Morgan fingerprint density at radius 1 is 0.969 bits per heavy atom. The number of carbonyl (C=O) groups excluding carboxylic acids is 1. The van der Waals surface area contributed by atoms with E-state index in [4.69, 9.17) is 4.42 Å². The lowest BCUT2D eigenvalue weighted by atomic mass is 9.97. The molecule has 4 nitrogen and oxygen atoms in total. The van der Waals surface area contributed by atoms with Crippen molar-refractivity contribution < 1.29 is 18.0 Å². The molecule has 32 heavy (non-hydrogen) atoms. The van der Waals surface area contributed by atoms with E-state index in [9.17, 15) is 18.4 Å². The number of hydrogen-bond acceptors (Lipinski definition) is 3. The summed E-state index contributed by atoms with van der Waals surface area (Å²) in [7, 11) is 0. The van der Waals surface area contributed by atoms with Crippen molar-refractivity contribution in [2.45, 2.75) is 26.4 Å². The van der Waals surface area contributed by atoms with Crippen LogP contribution in [-0.2, 0) is 6.54 Å². The monoisotopic (exact) mass is 431 g/mol. The van der Waals surface area contributed by atoms with Gasteiger partial charge in [-0.05, 0) is 54.8 Å². The van der Waals surface area contributed by atoms with Gasteiger partial charge in [0.2, 0.25) is 5.76 Å². The van der Waals surface area contributed by atoms with Gasteiger partial charge in [-0.25, -0.2) is 8.78 Å². The second kappa shape index (κ2) is 7.41. The van der Waals surface area contributed by atoms with E-state index in [1.54, 1.807) is 36.4 Å². The van der Waals surface area contributed by atoms with Gasteiger partial charge in [-0.2, -0.15) is 0 Å². The molecule has 160 valence electrons. The normalized spacial score (nSPS) is 15.4. The summed E-state index contributed by atoms with van der Waals surface area (Å²) in [6.45, 7) is 3.75. The SMILES string of the molecule is Cc1cc(C)c2oc3c(c(=O)c2c1)C(c1ccccc1F)N(Cc1ccc(F)cc1)C3=O. The Hall–Kier alpha value is -3.80. The lowest BCUT2D eigenvalue weighted by Crippen LogP contribution is -2.29. The number of fused-ring (bicyclic) bond motifs is 2. The number of halogens is 2. The van der Waals surface area contributed by atoms with Crippen LogP contribution in [0.1, 0.15) is 44.4 Å². The molecule has 1 aromatic heterocycles. The molecule has 0 bridgehead atoms. The van der Waals surface area contributed by atoms with Crippen LogP contribution in [0.25, 0.3) is 11.0 Å². The van der Waals surface area contributed by atoms with Crippen molar-refractivity contribution in [2.75, 3.05) is 0 Å². The lowest BCUT2D eigenvalue weighted by molar-refractivity contribution is 0.0712. The average molecular weight is 431 g/mol. The zero-order valence-electron chi connectivity index (χ0n) is 17.5. The third-order valence-corrected chi connectivity index (χ3v) is 5.86. The van der Waals surface area contributed by atoms with Crippen LogP contribution in [0.5, 0.6) is 0 Å². The number of hydrogen-bond donors (Lipinski definition) is 0. The van der Waals surface area contributed by atoms with Crippen molar-refractivity contribution in [3.8, 4) is 0 Å². The predicted molar refractivity (Wildman–Crippen MR) is 116 cm³/mol. The summed E-state index contributed by atoms with van der Waals surface area (Å²) in [5, 5.41) is 0.360. The van der Waals surface area contributed by atoms with Crippen LogP contribution in [0.4, 0.5) is 8.78 Å². The molecule has 1 atom stereocenters. The molecular weight excluding hydrogens is 412 g/mol. The smallest absolute Gasteiger partial charge is 0.291 e. The van der Waals surface area contributed by atoms with Gasteiger partial charge in [0.25, 0.3) is 5.91 Å². The summed E-state index contributed by atoms with van der Waals surface area (Å²) in [6, 6.07) is 14.4. The van der Waals surface area contributed by atoms with Crippen LogP contribution in [0.3, 0.4) is 0 Å². The Balaban J connectivity index is 1.76. The van der Waals surface area contributed by atoms with Gasteiger partial charge in [0, 0.05) is 12.1 Å². The van der Waals surface area contributed by atoms with Gasteiger partial charge in [-0.1, -0.05) is 36.4 Å². The lowest BCUT2D eigenvalue weighted by Gasteiger charge is -2.25. The minimum absolute atomic E-state index is 0.0656. The summed E-state index contributed by atoms with van der Waals surface area (Å²) in [5.74, 6) is -1.51.